The number of ether oxygens (including phenoxy) is 1. The van der Waals surface area contributed by atoms with Crippen molar-refractivity contribution in [3.63, 3.8) is 0 Å². The number of hydrogen-bond donors (Lipinski definition) is 1. The van der Waals surface area contributed by atoms with Crippen molar-refractivity contribution >= 4 is 18.1 Å². The molecule has 4 rings (SSSR count). The monoisotopic (exact) mass is 359 g/mol. The van der Waals surface area contributed by atoms with Gasteiger partial charge in [0, 0.05) is 49.7 Å². The highest BCUT2D eigenvalue weighted by molar-refractivity contribution is 5.85. The van der Waals surface area contributed by atoms with Crippen LogP contribution in [0.3, 0.4) is 0 Å². The molecule has 0 spiro atoms. The third-order valence-corrected chi connectivity index (χ3v) is 4.39. The first-order chi connectivity index (χ1) is 11.8. The predicted octanol–water partition coefficient (Wildman–Crippen LogP) is 1.98. The summed E-state index contributed by atoms with van der Waals surface area (Å²) in [5, 5.41) is 4.47. The van der Waals surface area contributed by atoms with Gasteiger partial charge in [-0.25, -0.2) is 9.50 Å². The van der Waals surface area contributed by atoms with Crippen LogP contribution < -0.4 is 5.73 Å². The molecule has 1 atom stereocenters. The van der Waals surface area contributed by atoms with Gasteiger partial charge in [-0.1, -0.05) is 30.3 Å². The van der Waals surface area contributed by atoms with E-state index in [9.17, 15) is 0 Å². The summed E-state index contributed by atoms with van der Waals surface area (Å²) in [6, 6.07) is 10.2. The molecule has 1 aromatic carbocycles. The Labute approximate surface area is 153 Å². The van der Waals surface area contributed by atoms with Crippen LogP contribution in [-0.2, 0) is 11.3 Å². The molecule has 132 valence electrons. The second-order valence-electron chi connectivity index (χ2n) is 6.12. The second kappa shape index (κ2) is 7.93. The van der Waals surface area contributed by atoms with Crippen molar-refractivity contribution in [3.05, 3.63) is 54.5 Å². The Bertz CT molecular complexity index is 823. The zero-order valence-corrected chi connectivity index (χ0v) is 14.7. The van der Waals surface area contributed by atoms with Crippen molar-refractivity contribution in [1.29, 1.82) is 0 Å². The van der Waals surface area contributed by atoms with E-state index in [2.05, 4.69) is 33.3 Å². The maximum Gasteiger partial charge on any atom is 0.162 e. The third-order valence-electron chi connectivity index (χ3n) is 4.39. The Morgan fingerprint density at radius 3 is 2.84 bits per heavy atom. The van der Waals surface area contributed by atoms with Gasteiger partial charge in [-0.3, -0.25) is 4.90 Å². The van der Waals surface area contributed by atoms with Crippen molar-refractivity contribution < 1.29 is 4.74 Å². The lowest BCUT2D eigenvalue weighted by Crippen LogP contribution is -2.45. The number of halogens is 1. The van der Waals surface area contributed by atoms with Crippen molar-refractivity contribution in [3.8, 4) is 11.1 Å². The number of nitrogens with two attached hydrogens (primary N) is 1. The Balaban J connectivity index is 0.00000182. The molecule has 2 aromatic heterocycles. The largest absolute Gasteiger partial charge is 0.374 e. The standard InChI is InChI=1S/C18H21N5O.ClH/c19-8-16-13-22(6-7-24-16)11-14-9-20-18-17(10-21-23(18)12-14)15-4-2-1-3-5-15;/h1-5,9-10,12,16H,6-8,11,13,19H2;1H. The quantitative estimate of drug-likeness (QED) is 0.771. The maximum atomic E-state index is 5.71. The van der Waals surface area contributed by atoms with Gasteiger partial charge in [0.1, 0.15) is 0 Å². The molecule has 2 N–H and O–H groups in total. The van der Waals surface area contributed by atoms with E-state index < -0.39 is 0 Å². The fourth-order valence-corrected chi connectivity index (χ4v) is 3.14. The van der Waals surface area contributed by atoms with Crippen LogP contribution in [0.4, 0.5) is 0 Å². The summed E-state index contributed by atoms with van der Waals surface area (Å²) >= 11 is 0. The minimum Gasteiger partial charge on any atom is -0.374 e. The number of benzene rings is 1. The van der Waals surface area contributed by atoms with Crippen LogP contribution in [0.1, 0.15) is 5.56 Å². The Kier molecular flexibility index (Phi) is 5.65. The van der Waals surface area contributed by atoms with Crippen LogP contribution in [-0.4, -0.2) is 51.8 Å². The molecule has 0 bridgehead atoms. The Morgan fingerprint density at radius 1 is 1.20 bits per heavy atom. The summed E-state index contributed by atoms with van der Waals surface area (Å²) in [5.74, 6) is 0. The summed E-state index contributed by atoms with van der Waals surface area (Å²) < 4.78 is 7.48. The summed E-state index contributed by atoms with van der Waals surface area (Å²) in [6.45, 7) is 3.92. The van der Waals surface area contributed by atoms with E-state index in [4.69, 9.17) is 10.5 Å². The minimum absolute atomic E-state index is 0. The highest BCUT2D eigenvalue weighted by Gasteiger charge is 2.19. The third kappa shape index (κ3) is 3.82. The molecule has 25 heavy (non-hydrogen) atoms. The van der Waals surface area contributed by atoms with Crippen molar-refractivity contribution in [2.24, 2.45) is 5.73 Å². The summed E-state index contributed by atoms with van der Waals surface area (Å²) in [4.78, 5) is 6.99. The van der Waals surface area contributed by atoms with E-state index in [1.165, 1.54) is 0 Å². The first-order valence-corrected chi connectivity index (χ1v) is 8.25. The molecule has 7 heteroatoms. The van der Waals surface area contributed by atoms with Gasteiger partial charge in [0.25, 0.3) is 0 Å². The fraction of sp³-hybridized carbons (Fsp3) is 0.333. The second-order valence-corrected chi connectivity index (χ2v) is 6.12. The number of fused-ring (bicyclic) bond motifs is 1. The molecule has 0 amide bonds. The molecular weight excluding hydrogens is 338 g/mol. The van der Waals surface area contributed by atoms with Crippen LogP contribution in [0.15, 0.2) is 48.9 Å². The molecule has 0 aliphatic carbocycles. The first kappa shape index (κ1) is 17.8. The number of nitrogens with zero attached hydrogens (tertiary/aromatic N) is 4. The van der Waals surface area contributed by atoms with E-state index in [0.717, 1.165) is 48.6 Å². The van der Waals surface area contributed by atoms with Gasteiger partial charge in [-0.05, 0) is 5.56 Å². The molecule has 0 saturated carbocycles. The van der Waals surface area contributed by atoms with E-state index in [0.29, 0.717) is 6.54 Å². The summed E-state index contributed by atoms with van der Waals surface area (Å²) in [7, 11) is 0. The van der Waals surface area contributed by atoms with Crippen LogP contribution in [0.2, 0.25) is 0 Å². The van der Waals surface area contributed by atoms with Crippen LogP contribution in [0, 0.1) is 0 Å². The average molecular weight is 360 g/mol. The SMILES string of the molecule is Cl.NCC1CN(Cc2cnc3c(-c4ccccc4)cnn3c2)CCO1. The molecular formula is C18H22ClN5O. The number of rotatable bonds is 4. The topological polar surface area (TPSA) is 68.7 Å². The minimum atomic E-state index is 0. The lowest BCUT2D eigenvalue weighted by molar-refractivity contribution is -0.0261. The van der Waals surface area contributed by atoms with Gasteiger partial charge in [-0.2, -0.15) is 5.10 Å². The zero-order chi connectivity index (χ0) is 16.4. The highest BCUT2D eigenvalue weighted by atomic mass is 35.5. The molecule has 3 aromatic rings. The molecule has 1 saturated heterocycles. The Morgan fingerprint density at radius 2 is 2.04 bits per heavy atom. The number of hydrogen-bond acceptors (Lipinski definition) is 5. The molecule has 6 nitrogen and oxygen atoms in total. The fourth-order valence-electron chi connectivity index (χ4n) is 3.14. The summed E-state index contributed by atoms with van der Waals surface area (Å²) in [5.41, 5.74) is 9.92. The van der Waals surface area contributed by atoms with Gasteiger partial charge in [0.05, 0.1) is 18.9 Å². The van der Waals surface area contributed by atoms with Gasteiger partial charge in [0.15, 0.2) is 5.65 Å². The molecule has 1 unspecified atom stereocenters. The zero-order valence-electron chi connectivity index (χ0n) is 13.9. The van der Waals surface area contributed by atoms with Gasteiger partial charge in [-0.15, -0.1) is 12.4 Å². The smallest absolute Gasteiger partial charge is 0.162 e. The van der Waals surface area contributed by atoms with Gasteiger partial charge < -0.3 is 10.5 Å². The first-order valence-electron chi connectivity index (χ1n) is 8.25. The average Bonchev–Trinajstić information content (AvgIpc) is 3.06. The van der Waals surface area contributed by atoms with E-state index in [-0.39, 0.29) is 18.5 Å². The van der Waals surface area contributed by atoms with E-state index in [1.54, 1.807) is 0 Å². The molecule has 1 aliphatic rings. The normalized spacial score (nSPS) is 18.2. The van der Waals surface area contributed by atoms with Crippen LogP contribution >= 0.6 is 12.4 Å². The van der Waals surface area contributed by atoms with Gasteiger partial charge >= 0.3 is 0 Å². The lowest BCUT2D eigenvalue weighted by Gasteiger charge is -2.32. The van der Waals surface area contributed by atoms with Crippen molar-refractivity contribution in [2.75, 3.05) is 26.2 Å². The van der Waals surface area contributed by atoms with Crippen molar-refractivity contribution in [1.82, 2.24) is 19.5 Å². The lowest BCUT2D eigenvalue weighted by atomic mass is 10.1. The van der Waals surface area contributed by atoms with Crippen LogP contribution in [0.25, 0.3) is 16.8 Å². The van der Waals surface area contributed by atoms with Crippen molar-refractivity contribution in [2.45, 2.75) is 12.6 Å². The number of morpholine rings is 1. The van der Waals surface area contributed by atoms with E-state index in [1.807, 2.05) is 35.1 Å². The highest BCUT2D eigenvalue weighted by Crippen LogP contribution is 2.23. The molecule has 0 radical (unpaired) electrons. The van der Waals surface area contributed by atoms with Crippen LogP contribution in [0.5, 0.6) is 0 Å². The van der Waals surface area contributed by atoms with E-state index >= 15 is 0 Å². The molecule has 1 fully saturated rings. The van der Waals surface area contributed by atoms with Gasteiger partial charge in [0.2, 0.25) is 0 Å². The summed E-state index contributed by atoms with van der Waals surface area (Å²) in [6.07, 6.45) is 6.00. The predicted molar refractivity (Wildman–Crippen MR) is 99.7 cm³/mol. The Hall–Kier alpha value is -1.99. The number of aromatic nitrogens is 3. The maximum absolute atomic E-state index is 5.71. The molecule has 1 aliphatic heterocycles. The molecule has 3 heterocycles.